The van der Waals surface area contributed by atoms with Gasteiger partial charge in [-0.1, -0.05) is 12.1 Å². The summed E-state index contributed by atoms with van der Waals surface area (Å²) in [5.74, 6) is -0.233. The molecule has 1 N–H and O–H groups in total. The van der Waals surface area contributed by atoms with Gasteiger partial charge in [0.25, 0.3) is 0 Å². The van der Waals surface area contributed by atoms with E-state index in [1.165, 1.54) is 12.1 Å². The van der Waals surface area contributed by atoms with E-state index in [1.54, 1.807) is 17.0 Å². The zero-order chi connectivity index (χ0) is 13.8. The molecule has 104 valence electrons. The van der Waals surface area contributed by atoms with Crippen molar-refractivity contribution in [3.63, 3.8) is 0 Å². The first-order valence-electron chi connectivity index (χ1n) is 6.51. The Balaban J connectivity index is 2.10. The van der Waals surface area contributed by atoms with Crippen LogP contribution in [0.1, 0.15) is 25.6 Å². The van der Waals surface area contributed by atoms with Gasteiger partial charge in [-0.25, -0.2) is 4.39 Å². The summed E-state index contributed by atoms with van der Waals surface area (Å²) < 4.78 is 18.4. The molecule has 2 atom stereocenters. The monoisotopic (exact) mass is 266 g/mol. The first kappa shape index (κ1) is 14.0. The van der Waals surface area contributed by atoms with Crippen molar-refractivity contribution in [1.29, 1.82) is 0 Å². The van der Waals surface area contributed by atoms with Gasteiger partial charge in [0.15, 0.2) is 0 Å². The summed E-state index contributed by atoms with van der Waals surface area (Å²) in [7, 11) is 0. The Morgan fingerprint density at radius 3 is 2.79 bits per heavy atom. The molecule has 19 heavy (non-hydrogen) atoms. The summed E-state index contributed by atoms with van der Waals surface area (Å²) in [6.07, 6.45) is -0.215. The molecule has 1 aliphatic heterocycles. The Hall–Kier alpha value is -1.46. The molecular formula is C14H19FN2O2. The Bertz CT molecular complexity index is 436. The molecule has 0 spiro atoms. The number of hydrogen-bond donors (Lipinski definition) is 1. The van der Waals surface area contributed by atoms with Crippen LogP contribution < -0.4 is 5.32 Å². The minimum Gasteiger partial charge on any atom is -0.377 e. The standard InChI is InChI=1S/C14H19FN2O2/c1-3-19-10(2)9-17-13(18)8-16-14(17)11-4-6-12(15)7-5-11/h4-7,10,14,16H,3,8-9H2,1-2H3. The number of nitrogens with zero attached hydrogens (tertiary/aromatic N) is 1. The molecule has 1 amide bonds. The van der Waals surface area contributed by atoms with Gasteiger partial charge < -0.3 is 9.64 Å². The smallest absolute Gasteiger partial charge is 0.238 e. The van der Waals surface area contributed by atoms with E-state index in [2.05, 4.69) is 5.32 Å². The van der Waals surface area contributed by atoms with Crippen molar-refractivity contribution in [3.05, 3.63) is 35.6 Å². The van der Waals surface area contributed by atoms with E-state index >= 15 is 0 Å². The molecule has 1 aromatic rings. The highest BCUT2D eigenvalue weighted by atomic mass is 19.1. The predicted octanol–water partition coefficient (Wildman–Crippen LogP) is 1.68. The summed E-state index contributed by atoms with van der Waals surface area (Å²) in [6, 6.07) is 6.21. The quantitative estimate of drug-likeness (QED) is 0.881. The highest BCUT2D eigenvalue weighted by Gasteiger charge is 2.32. The van der Waals surface area contributed by atoms with Crippen LogP contribution in [0.5, 0.6) is 0 Å². The molecular weight excluding hydrogens is 247 g/mol. The number of hydrogen-bond acceptors (Lipinski definition) is 3. The molecule has 1 aliphatic rings. The van der Waals surface area contributed by atoms with Gasteiger partial charge in [-0.15, -0.1) is 0 Å². The molecule has 0 saturated carbocycles. The minimum atomic E-state index is -0.276. The fourth-order valence-corrected chi connectivity index (χ4v) is 2.30. The number of benzene rings is 1. The number of carbonyl (C=O) groups excluding carboxylic acids is 1. The van der Waals surface area contributed by atoms with E-state index in [1.807, 2.05) is 13.8 Å². The maximum atomic E-state index is 12.9. The molecule has 4 nitrogen and oxygen atoms in total. The summed E-state index contributed by atoms with van der Waals surface area (Å²) in [4.78, 5) is 13.6. The number of rotatable bonds is 5. The van der Waals surface area contributed by atoms with Crippen molar-refractivity contribution in [3.8, 4) is 0 Å². The van der Waals surface area contributed by atoms with Gasteiger partial charge in [-0.2, -0.15) is 0 Å². The Morgan fingerprint density at radius 1 is 1.47 bits per heavy atom. The summed E-state index contributed by atoms with van der Waals surface area (Å²) in [6.45, 7) is 5.33. The van der Waals surface area contributed by atoms with E-state index in [-0.39, 0.29) is 24.0 Å². The molecule has 0 aromatic heterocycles. The molecule has 2 rings (SSSR count). The van der Waals surface area contributed by atoms with Gasteiger partial charge in [-0.05, 0) is 31.5 Å². The van der Waals surface area contributed by atoms with E-state index in [4.69, 9.17) is 4.74 Å². The van der Waals surface area contributed by atoms with Gasteiger partial charge >= 0.3 is 0 Å². The number of halogens is 1. The summed E-state index contributed by atoms with van der Waals surface area (Å²) >= 11 is 0. The van der Waals surface area contributed by atoms with Crippen LogP contribution in [0.25, 0.3) is 0 Å². The van der Waals surface area contributed by atoms with E-state index in [0.29, 0.717) is 19.7 Å². The molecule has 1 fully saturated rings. The lowest BCUT2D eigenvalue weighted by molar-refractivity contribution is -0.129. The lowest BCUT2D eigenvalue weighted by Crippen LogP contribution is -2.36. The number of amides is 1. The van der Waals surface area contributed by atoms with Gasteiger partial charge in [-0.3, -0.25) is 10.1 Å². The lowest BCUT2D eigenvalue weighted by Gasteiger charge is -2.27. The zero-order valence-corrected chi connectivity index (χ0v) is 11.2. The van der Waals surface area contributed by atoms with Crippen molar-refractivity contribution < 1.29 is 13.9 Å². The van der Waals surface area contributed by atoms with Crippen LogP contribution in [-0.4, -0.2) is 36.6 Å². The van der Waals surface area contributed by atoms with Crippen molar-refractivity contribution in [2.24, 2.45) is 0 Å². The second-order valence-corrected chi connectivity index (χ2v) is 4.65. The number of nitrogens with one attached hydrogen (secondary N) is 1. The van der Waals surface area contributed by atoms with Crippen LogP contribution in [0.15, 0.2) is 24.3 Å². The topological polar surface area (TPSA) is 41.6 Å². The average Bonchev–Trinajstić information content (AvgIpc) is 2.73. The van der Waals surface area contributed by atoms with E-state index < -0.39 is 0 Å². The lowest BCUT2D eigenvalue weighted by atomic mass is 10.1. The van der Waals surface area contributed by atoms with Crippen LogP contribution >= 0.6 is 0 Å². The third-order valence-electron chi connectivity index (χ3n) is 3.17. The molecule has 1 saturated heterocycles. The summed E-state index contributed by atoms with van der Waals surface area (Å²) in [5.41, 5.74) is 0.885. The molecule has 1 heterocycles. The molecule has 2 unspecified atom stereocenters. The van der Waals surface area contributed by atoms with Crippen molar-refractivity contribution in [2.45, 2.75) is 26.1 Å². The normalized spacial score (nSPS) is 20.9. The predicted molar refractivity (Wildman–Crippen MR) is 69.9 cm³/mol. The average molecular weight is 266 g/mol. The van der Waals surface area contributed by atoms with Crippen LogP contribution in [-0.2, 0) is 9.53 Å². The largest absolute Gasteiger partial charge is 0.377 e. The molecule has 0 aliphatic carbocycles. The van der Waals surface area contributed by atoms with Crippen LogP contribution in [0.4, 0.5) is 4.39 Å². The second kappa shape index (κ2) is 6.12. The molecule has 0 bridgehead atoms. The highest BCUT2D eigenvalue weighted by molar-refractivity contribution is 5.81. The van der Waals surface area contributed by atoms with Gasteiger partial charge in [0.1, 0.15) is 12.0 Å². The zero-order valence-electron chi connectivity index (χ0n) is 11.2. The van der Waals surface area contributed by atoms with Crippen LogP contribution in [0.3, 0.4) is 0 Å². The van der Waals surface area contributed by atoms with Gasteiger partial charge in [0.2, 0.25) is 5.91 Å². The number of ether oxygens (including phenoxy) is 1. The minimum absolute atomic E-state index is 0.0169. The van der Waals surface area contributed by atoms with Crippen molar-refractivity contribution in [2.75, 3.05) is 19.7 Å². The highest BCUT2D eigenvalue weighted by Crippen LogP contribution is 2.23. The van der Waals surface area contributed by atoms with Crippen molar-refractivity contribution >= 4 is 5.91 Å². The maximum absolute atomic E-state index is 12.9. The van der Waals surface area contributed by atoms with Crippen LogP contribution in [0.2, 0.25) is 0 Å². The molecule has 0 radical (unpaired) electrons. The first-order chi connectivity index (χ1) is 9.11. The molecule has 5 heteroatoms. The molecule has 1 aromatic carbocycles. The third-order valence-corrected chi connectivity index (χ3v) is 3.17. The Kier molecular flexibility index (Phi) is 4.50. The fourth-order valence-electron chi connectivity index (χ4n) is 2.30. The maximum Gasteiger partial charge on any atom is 0.238 e. The van der Waals surface area contributed by atoms with Crippen LogP contribution in [0, 0.1) is 5.82 Å². The van der Waals surface area contributed by atoms with Gasteiger partial charge in [0, 0.05) is 13.2 Å². The fraction of sp³-hybridized carbons (Fsp3) is 0.500. The SMILES string of the molecule is CCOC(C)CN1C(=O)CNC1c1ccc(F)cc1. The van der Waals surface area contributed by atoms with E-state index in [9.17, 15) is 9.18 Å². The second-order valence-electron chi connectivity index (χ2n) is 4.65. The van der Waals surface area contributed by atoms with Gasteiger partial charge in [0.05, 0.1) is 12.6 Å². The van der Waals surface area contributed by atoms with E-state index in [0.717, 1.165) is 5.56 Å². The number of carbonyl (C=O) groups is 1. The summed E-state index contributed by atoms with van der Waals surface area (Å²) in [5, 5.41) is 3.14. The first-order valence-corrected chi connectivity index (χ1v) is 6.51. The third kappa shape index (κ3) is 3.30. The Morgan fingerprint density at radius 2 is 2.16 bits per heavy atom. The van der Waals surface area contributed by atoms with Crippen molar-refractivity contribution in [1.82, 2.24) is 10.2 Å². The Labute approximate surface area is 112 Å².